The van der Waals surface area contributed by atoms with Crippen LogP contribution in [0, 0.1) is 0 Å². The van der Waals surface area contributed by atoms with Gasteiger partial charge in [0.05, 0.1) is 22.2 Å². The van der Waals surface area contributed by atoms with Crippen LogP contribution in [0.3, 0.4) is 0 Å². The van der Waals surface area contributed by atoms with Crippen molar-refractivity contribution < 1.29 is 19.4 Å². The first-order valence-electron chi connectivity index (χ1n) is 5.54. The highest BCUT2D eigenvalue weighted by atomic mass is 79.9. The van der Waals surface area contributed by atoms with Crippen molar-refractivity contribution in [1.29, 1.82) is 0 Å². The monoisotopic (exact) mass is 360 g/mol. The summed E-state index contributed by atoms with van der Waals surface area (Å²) >= 11 is 4.35. The fraction of sp³-hybridized carbons (Fsp3) is 0.273. The molecule has 0 bridgehead atoms. The minimum atomic E-state index is -1.32. The molecule has 9 heteroatoms. The molecule has 7 nitrogen and oxygen atoms in total. The van der Waals surface area contributed by atoms with Crippen molar-refractivity contribution in [2.75, 3.05) is 6.61 Å². The van der Waals surface area contributed by atoms with E-state index in [2.05, 4.69) is 25.9 Å². The Bertz CT molecular complexity index is 751. The van der Waals surface area contributed by atoms with Gasteiger partial charge in [-0.2, -0.15) is 0 Å². The molecular weight excluding hydrogens is 352 g/mol. The van der Waals surface area contributed by atoms with E-state index in [0.717, 1.165) is 11.3 Å². The van der Waals surface area contributed by atoms with Crippen LogP contribution in [0.5, 0.6) is 0 Å². The number of halogens is 1. The van der Waals surface area contributed by atoms with Gasteiger partial charge in [-0.05, 0) is 22.9 Å². The minimum absolute atomic E-state index is 0.0778. The first kappa shape index (κ1) is 14.7. The Morgan fingerprint density at radius 1 is 1.50 bits per heavy atom. The third kappa shape index (κ3) is 2.73. The number of aromatic nitrogens is 2. The van der Waals surface area contributed by atoms with Crippen LogP contribution in [0.25, 0.3) is 10.2 Å². The van der Waals surface area contributed by atoms with Crippen LogP contribution in [0.2, 0.25) is 0 Å². The number of aromatic amines is 1. The molecule has 0 fully saturated rings. The third-order valence-corrected chi connectivity index (χ3v) is 4.32. The number of aromatic carboxylic acids is 1. The Labute approximate surface area is 124 Å². The van der Waals surface area contributed by atoms with Crippen LogP contribution in [-0.4, -0.2) is 33.6 Å². The number of fused-ring (bicyclic) bond motifs is 1. The van der Waals surface area contributed by atoms with E-state index in [-0.39, 0.29) is 23.2 Å². The van der Waals surface area contributed by atoms with Crippen LogP contribution in [0.4, 0.5) is 0 Å². The highest BCUT2D eigenvalue weighted by Crippen LogP contribution is 2.32. The normalized spacial score (nSPS) is 10.7. The molecule has 2 heterocycles. The fourth-order valence-electron chi connectivity index (χ4n) is 1.65. The summed E-state index contributed by atoms with van der Waals surface area (Å²) < 4.78 is 5.40. The molecule has 20 heavy (non-hydrogen) atoms. The summed E-state index contributed by atoms with van der Waals surface area (Å²) in [5, 5.41) is 9.05. The van der Waals surface area contributed by atoms with Gasteiger partial charge in [0.15, 0.2) is 0 Å². The SMILES string of the molecule is CCOC(=O)Cc1c(Br)sc2nc(C(=O)O)[nH]c(=O)c12. The smallest absolute Gasteiger partial charge is 0.372 e. The number of nitrogens with zero attached hydrogens (tertiary/aromatic N) is 1. The van der Waals surface area contributed by atoms with Gasteiger partial charge in [-0.3, -0.25) is 9.59 Å². The number of H-pyrrole nitrogens is 1. The van der Waals surface area contributed by atoms with Crippen LogP contribution < -0.4 is 5.56 Å². The van der Waals surface area contributed by atoms with Crippen molar-refractivity contribution >= 4 is 49.4 Å². The van der Waals surface area contributed by atoms with E-state index in [1.807, 2.05) is 0 Å². The van der Waals surface area contributed by atoms with E-state index < -0.39 is 23.3 Å². The summed E-state index contributed by atoms with van der Waals surface area (Å²) in [6, 6.07) is 0. The van der Waals surface area contributed by atoms with Crippen LogP contribution >= 0.6 is 27.3 Å². The van der Waals surface area contributed by atoms with Gasteiger partial charge in [0, 0.05) is 5.56 Å². The lowest BCUT2D eigenvalue weighted by Gasteiger charge is -2.01. The molecule has 2 aromatic heterocycles. The summed E-state index contributed by atoms with van der Waals surface area (Å²) in [6.45, 7) is 1.93. The average molecular weight is 361 g/mol. The van der Waals surface area contributed by atoms with Crippen molar-refractivity contribution in [3.8, 4) is 0 Å². The molecule has 0 saturated carbocycles. The number of carboxylic acid groups (broad SMARTS) is 1. The zero-order chi connectivity index (χ0) is 14.9. The molecule has 0 unspecified atom stereocenters. The van der Waals surface area contributed by atoms with Gasteiger partial charge in [-0.1, -0.05) is 0 Å². The molecule has 0 radical (unpaired) electrons. The molecule has 2 N–H and O–H groups in total. The summed E-state index contributed by atoms with van der Waals surface area (Å²) in [5.41, 5.74) is -0.136. The van der Waals surface area contributed by atoms with Crippen molar-refractivity contribution in [3.05, 3.63) is 25.5 Å². The van der Waals surface area contributed by atoms with E-state index in [1.54, 1.807) is 6.92 Å². The minimum Gasteiger partial charge on any atom is -0.475 e. The van der Waals surface area contributed by atoms with E-state index in [9.17, 15) is 14.4 Å². The van der Waals surface area contributed by atoms with Gasteiger partial charge in [0.2, 0.25) is 5.82 Å². The lowest BCUT2D eigenvalue weighted by Crippen LogP contribution is -2.16. The highest BCUT2D eigenvalue weighted by Gasteiger charge is 2.20. The molecular formula is C11H9BrN2O5S. The molecule has 106 valence electrons. The number of carboxylic acids is 1. The molecule has 0 aliphatic carbocycles. The molecule has 0 aliphatic rings. The number of esters is 1. The van der Waals surface area contributed by atoms with E-state index in [0.29, 0.717) is 9.35 Å². The third-order valence-electron chi connectivity index (χ3n) is 2.44. The van der Waals surface area contributed by atoms with E-state index >= 15 is 0 Å². The fourth-order valence-corrected chi connectivity index (χ4v) is 3.37. The maximum Gasteiger partial charge on any atom is 0.372 e. The molecule has 2 rings (SSSR count). The zero-order valence-corrected chi connectivity index (χ0v) is 12.6. The van der Waals surface area contributed by atoms with Gasteiger partial charge >= 0.3 is 11.9 Å². The van der Waals surface area contributed by atoms with Crippen LogP contribution in [-0.2, 0) is 16.0 Å². The number of thiophene rings is 1. The second-order valence-electron chi connectivity index (χ2n) is 3.74. The van der Waals surface area contributed by atoms with Crippen molar-refractivity contribution in [2.24, 2.45) is 0 Å². The zero-order valence-electron chi connectivity index (χ0n) is 10.2. The Kier molecular flexibility index (Phi) is 4.19. The van der Waals surface area contributed by atoms with Crippen LogP contribution in [0.1, 0.15) is 23.1 Å². The molecule has 0 saturated heterocycles. The van der Waals surface area contributed by atoms with E-state index in [4.69, 9.17) is 9.84 Å². The maximum absolute atomic E-state index is 12.0. The number of ether oxygens (including phenoxy) is 1. The number of carbonyl (C=O) groups excluding carboxylic acids is 1. The molecule has 0 atom stereocenters. The maximum atomic E-state index is 12.0. The second-order valence-corrected chi connectivity index (χ2v) is 6.05. The lowest BCUT2D eigenvalue weighted by atomic mass is 10.2. The molecule has 0 spiro atoms. The predicted molar refractivity (Wildman–Crippen MR) is 75.2 cm³/mol. The van der Waals surface area contributed by atoms with Gasteiger partial charge in [0.25, 0.3) is 5.56 Å². The van der Waals surface area contributed by atoms with Crippen LogP contribution in [0.15, 0.2) is 8.58 Å². The van der Waals surface area contributed by atoms with E-state index in [1.165, 1.54) is 0 Å². The first-order chi connectivity index (χ1) is 9.43. The van der Waals surface area contributed by atoms with Gasteiger partial charge < -0.3 is 14.8 Å². The quantitative estimate of drug-likeness (QED) is 0.800. The summed E-state index contributed by atoms with van der Waals surface area (Å²) in [5.74, 6) is -2.21. The number of nitrogens with one attached hydrogen (secondary N) is 1. The Morgan fingerprint density at radius 2 is 2.20 bits per heavy atom. The average Bonchev–Trinajstić information content (AvgIpc) is 2.66. The van der Waals surface area contributed by atoms with Gasteiger partial charge in [0.1, 0.15) is 4.83 Å². The standard InChI is InChI=1S/C11H9BrN2O5S/c1-2-19-5(15)3-4-6-9(16)13-8(11(17)18)14-10(6)20-7(4)12/h2-3H2,1H3,(H,17,18)(H,13,14,16). The topological polar surface area (TPSA) is 109 Å². The first-order valence-corrected chi connectivity index (χ1v) is 7.15. The highest BCUT2D eigenvalue weighted by molar-refractivity contribution is 9.11. The number of hydrogen-bond acceptors (Lipinski definition) is 6. The molecule has 0 aromatic carbocycles. The van der Waals surface area contributed by atoms with Gasteiger partial charge in [-0.15, -0.1) is 11.3 Å². The summed E-state index contributed by atoms with van der Waals surface area (Å²) in [7, 11) is 0. The lowest BCUT2D eigenvalue weighted by molar-refractivity contribution is -0.142. The molecule has 2 aromatic rings. The van der Waals surface area contributed by atoms with Crippen molar-refractivity contribution in [3.63, 3.8) is 0 Å². The van der Waals surface area contributed by atoms with Crippen molar-refractivity contribution in [1.82, 2.24) is 9.97 Å². The Balaban J connectivity index is 2.57. The van der Waals surface area contributed by atoms with Crippen molar-refractivity contribution in [2.45, 2.75) is 13.3 Å². The molecule has 0 aliphatic heterocycles. The van der Waals surface area contributed by atoms with Gasteiger partial charge in [-0.25, -0.2) is 9.78 Å². The number of hydrogen-bond donors (Lipinski definition) is 2. The summed E-state index contributed by atoms with van der Waals surface area (Å²) in [4.78, 5) is 40.6. The number of carbonyl (C=O) groups is 2. The second kappa shape index (κ2) is 5.71. The largest absolute Gasteiger partial charge is 0.475 e. The Morgan fingerprint density at radius 3 is 2.80 bits per heavy atom. The summed E-state index contributed by atoms with van der Waals surface area (Å²) in [6.07, 6.45) is -0.0778. The Hall–Kier alpha value is -1.74. The number of rotatable bonds is 4. The molecule has 0 amide bonds. The predicted octanol–water partition coefficient (Wildman–Crippen LogP) is 1.55.